The Morgan fingerprint density at radius 3 is 3.00 bits per heavy atom. The average molecular weight is 340 g/mol. The number of rotatable bonds is 4. The van der Waals surface area contributed by atoms with Gasteiger partial charge >= 0.3 is 0 Å². The van der Waals surface area contributed by atoms with Gasteiger partial charge in [0.15, 0.2) is 6.10 Å². The summed E-state index contributed by atoms with van der Waals surface area (Å²) in [6.07, 6.45) is 4.29. The molecule has 0 radical (unpaired) electrons. The Labute approximate surface area is 147 Å². The number of carbonyl (C=O) groups is 1. The van der Waals surface area contributed by atoms with Crippen molar-refractivity contribution in [1.82, 2.24) is 20.1 Å². The maximum absolute atomic E-state index is 12.4. The zero-order valence-corrected chi connectivity index (χ0v) is 14.8. The summed E-state index contributed by atoms with van der Waals surface area (Å²) in [6, 6.07) is 4.15. The van der Waals surface area contributed by atoms with E-state index in [4.69, 9.17) is 4.74 Å². The maximum atomic E-state index is 12.4. The Kier molecular flexibility index (Phi) is 4.19. The minimum atomic E-state index is -0.427. The van der Waals surface area contributed by atoms with Gasteiger partial charge in [0, 0.05) is 32.4 Å². The average Bonchev–Trinajstić information content (AvgIpc) is 3.20. The second-order valence-corrected chi connectivity index (χ2v) is 7.04. The number of nitrogens with zero attached hydrogens (tertiary/aromatic N) is 3. The Hall–Kier alpha value is -2.37. The van der Waals surface area contributed by atoms with Crippen molar-refractivity contribution in [2.75, 3.05) is 6.54 Å². The number of aryl methyl sites for hydroxylation is 3. The van der Waals surface area contributed by atoms with Crippen LogP contribution in [0.1, 0.15) is 41.2 Å². The summed E-state index contributed by atoms with van der Waals surface area (Å²) in [5.41, 5.74) is 3.55. The molecule has 1 atom stereocenters. The molecule has 2 aromatic rings. The van der Waals surface area contributed by atoms with Gasteiger partial charge in [-0.05, 0) is 49.4 Å². The second-order valence-electron chi connectivity index (χ2n) is 7.04. The first-order valence-electron chi connectivity index (χ1n) is 9.07. The predicted octanol–water partition coefficient (Wildman–Crippen LogP) is 1.89. The number of fused-ring (bicyclic) bond motifs is 2. The molecule has 1 N–H and O–H groups in total. The Morgan fingerprint density at radius 1 is 1.28 bits per heavy atom. The van der Waals surface area contributed by atoms with E-state index in [9.17, 15) is 4.79 Å². The van der Waals surface area contributed by atoms with Gasteiger partial charge in [0.2, 0.25) is 0 Å². The maximum Gasteiger partial charge on any atom is 0.261 e. The van der Waals surface area contributed by atoms with Crippen molar-refractivity contribution in [3.63, 3.8) is 0 Å². The molecule has 0 aliphatic carbocycles. The van der Waals surface area contributed by atoms with Gasteiger partial charge in [-0.1, -0.05) is 6.07 Å². The number of ether oxygens (including phenoxy) is 1. The summed E-state index contributed by atoms with van der Waals surface area (Å²) < 4.78 is 8.04. The number of amides is 1. The zero-order chi connectivity index (χ0) is 17.4. The van der Waals surface area contributed by atoms with Crippen molar-refractivity contribution in [1.29, 1.82) is 0 Å². The summed E-state index contributed by atoms with van der Waals surface area (Å²) >= 11 is 0. The third-order valence-electron chi connectivity index (χ3n) is 5.23. The molecule has 3 heterocycles. The van der Waals surface area contributed by atoms with Crippen LogP contribution in [-0.2, 0) is 30.6 Å². The lowest BCUT2D eigenvalue weighted by atomic mass is 10.0. The fraction of sp³-hybridized carbons (Fsp3) is 0.526. The molecule has 132 valence electrons. The Morgan fingerprint density at radius 2 is 2.12 bits per heavy atom. The Balaban J connectivity index is 1.32. The van der Waals surface area contributed by atoms with Crippen LogP contribution in [0.4, 0.5) is 0 Å². The van der Waals surface area contributed by atoms with Crippen LogP contribution >= 0.6 is 0 Å². The third-order valence-corrected chi connectivity index (χ3v) is 5.23. The molecule has 6 heteroatoms. The molecule has 1 aromatic heterocycles. The van der Waals surface area contributed by atoms with Gasteiger partial charge in [0.05, 0.1) is 0 Å². The monoisotopic (exact) mass is 340 g/mol. The van der Waals surface area contributed by atoms with E-state index in [0.717, 1.165) is 35.9 Å². The van der Waals surface area contributed by atoms with Crippen LogP contribution in [-0.4, -0.2) is 33.3 Å². The summed E-state index contributed by atoms with van der Waals surface area (Å²) in [5, 5.41) is 11.5. The van der Waals surface area contributed by atoms with Crippen LogP contribution in [0.5, 0.6) is 5.75 Å². The second kappa shape index (κ2) is 6.50. The lowest BCUT2D eigenvalue weighted by molar-refractivity contribution is -0.127. The summed E-state index contributed by atoms with van der Waals surface area (Å²) in [7, 11) is 0. The van der Waals surface area contributed by atoms with Crippen LogP contribution in [0, 0.1) is 13.8 Å². The highest BCUT2D eigenvalue weighted by atomic mass is 16.5. The molecule has 2 aliphatic heterocycles. The molecule has 0 spiro atoms. The van der Waals surface area contributed by atoms with Gasteiger partial charge in [-0.2, -0.15) is 0 Å². The first kappa shape index (κ1) is 16.1. The molecule has 2 aliphatic rings. The lowest BCUT2D eigenvalue weighted by Gasteiger charge is -2.15. The quantitative estimate of drug-likeness (QED) is 0.923. The molecule has 4 rings (SSSR count). The highest BCUT2D eigenvalue weighted by Gasteiger charge is 2.29. The van der Waals surface area contributed by atoms with Crippen LogP contribution < -0.4 is 10.1 Å². The molecule has 1 aromatic carbocycles. The van der Waals surface area contributed by atoms with Gasteiger partial charge in [-0.15, -0.1) is 10.2 Å². The highest BCUT2D eigenvalue weighted by molar-refractivity contribution is 5.82. The van der Waals surface area contributed by atoms with Crippen LogP contribution in [0.2, 0.25) is 0 Å². The lowest BCUT2D eigenvalue weighted by Crippen LogP contribution is -2.38. The minimum absolute atomic E-state index is 0.0510. The molecule has 0 saturated carbocycles. The van der Waals surface area contributed by atoms with Crippen molar-refractivity contribution in [3.05, 3.63) is 40.5 Å². The van der Waals surface area contributed by atoms with Crippen molar-refractivity contribution in [2.24, 2.45) is 0 Å². The molecule has 25 heavy (non-hydrogen) atoms. The van der Waals surface area contributed by atoms with Crippen LogP contribution in [0.3, 0.4) is 0 Å². The largest absolute Gasteiger partial charge is 0.480 e. The van der Waals surface area contributed by atoms with Gasteiger partial charge in [0.1, 0.15) is 17.4 Å². The molecule has 0 fully saturated rings. The van der Waals surface area contributed by atoms with E-state index in [0.29, 0.717) is 19.4 Å². The molecule has 1 amide bonds. The summed E-state index contributed by atoms with van der Waals surface area (Å²) in [6.45, 7) is 5.70. The Bertz CT molecular complexity index is 781. The predicted molar refractivity (Wildman–Crippen MR) is 93.7 cm³/mol. The zero-order valence-electron chi connectivity index (χ0n) is 14.8. The fourth-order valence-corrected chi connectivity index (χ4v) is 3.62. The molecule has 6 nitrogen and oxygen atoms in total. The minimum Gasteiger partial charge on any atom is -0.480 e. The SMILES string of the molecule is Cc1cc2c(cc1C)OC(C(=O)NCCc1nnc3n1CCCC3)C2. The number of hydrogen-bond donors (Lipinski definition) is 1. The van der Waals surface area contributed by atoms with Crippen LogP contribution in [0.25, 0.3) is 0 Å². The number of benzene rings is 1. The number of hydrogen-bond acceptors (Lipinski definition) is 4. The van der Waals surface area contributed by atoms with E-state index in [1.54, 1.807) is 0 Å². The first-order chi connectivity index (χ1) is 12.1. The van der Waals surface area contributed by atoms with Crippen molar-refractivity contribution in [2.45, 2.75) is 58.6 Å². The topological polar surface area (TPSA) is 69.0 Å². The summed E-state index contributed by atoms with van der Waals surface area (Å²) in [4.78, 5) is 12.4. The van der Waals surface area contributed by atoms with E-state index in [-0.39, 0.29) is 5.91 Å². The molecule has 0 bridgehead atoms. The van der Waals surface area contributed by atoms with E-state index in [1.165, 1.54) is 24.0 Å². The molecule has 1 unspecified atom stereocenters. The van der Waals surface area contributed by atoms with Crippen molar-refractivity contribution >= 4 is 5.91 Å². The van der Waals surface area contributed by atoms with Crippen molar-refractivity contribution in [3.8, 4) is 5.75 Å². The first-order valence-corrected chi connectivity index (χ1v) is 9.07. The number of carbonyl (C=O) groups excluding carboxylic acids is 1. The number of aromatic nitrogens is 3. The standard InChI is InChI=1S/C19H24N4O2/c1-12-9-14-11-16(25-15(14)10-13(12)2)19(24)20-7-6-18-22-21-17-5-3-4-8-23(17)18/h9-10,16H,3-8,11H2,1-2H3,(H,20,24). The van der Waals surface area contributed by atoms with E-state index in [2.05, 4.69) is 40.0 Å². The van der Waals surface area contributed by atoms with E-state index < -0.39 is 6.10 Å². The van der Waals surface area contributed by atoms with Crippen LogP contribution in [0.15, 0.2) is 12.1 Å². The fourth-order valence-electron chi connectivity index (χ4n) is 3.62. The normalized spacial score (nSPS) is 18.4. The van der Waals surface area contributed by atoms with E-state index in [1.807, 2.05) is 6.07 Å². The highest BCUT2D eigenvalue weighted by Crippen LogP contribution is 2.31. The van der Waals surface area contributed by atoms with E-state index >= 15 is 0 Å². The van der Waals surface area contributed by atoms with Gasteiger partial charge in [-0.3, -0.25) is 4.79 Å². The smallest absolute Gasteiger partial charge is 0.261 e. The van der Waals surface area contributed by atoms with Gasteiger partial charge in [0.25, 0.3) is 5.91 Å². The molecule has 0 saturated heterocycles. The third kappa shape index (κ3) is 3.13. The van der Waals surface area contributed by atoms with Gasteiger partial charge in [-0.25, -0.2) is 0 Å². The molecular formula is C19H24N4O2. The van der Waals surface area contributed by atoms with Crippen molar-refractivity contribution < 1.29 is 9.53 Å². The van der Waals surface area contributed by atoms with Gasteiger partial charge < -0.3 is 14.6 Å². The number of nitrogens with one attached hydrogen (secondary N) is 1. The summed E-state index contributed by atoms with van der Waals surface area (Å²) in [5.74, 6) is 2.84. The molecular weight excluding hydrogens is 316 g/mol.